The number of carboxylic acid groups (broad SMARTS) is 1. The van der Waals surface area contributed by atoms with Crippen molar-refractivity contribution < 1.29 is 14.6 Å². The Morgan fingerprint density at radius 3 is 2.77 bits per heavy atom. The van der Waals surface area contributed by atoms with Gasteiger partial charge in [0.1, 0.15) is 10.8 Å². The van der Waals surface area contributed by atoms with Crippen molar-refractivity contribution in [1.29, 1.82) is 0 Å². The summed E-state index contributed by atoms with van der Waals surface area (Å²) in [6.07, 6.45) is 0.797. The maximum Gasteiger partial charge on any atom is 0.332 e. The lowest BCUT2D eigenvalue weighted by Crippen LogP contribution is -2.19. The van der Waals surface area contributed by atoms with Crippen LogP contribution < -0.4 is 0 Å². The number of rotatable bonds is 7. The van der Waals surface area contributed by atoms with E-state index in [1.807, 2.05) is 37.3 Å². The molecule has 1 N–H and O–H groups in total. The molecule has 0 unspecified atom stereocenters. The number of para-hydroxylation sites is 1. The molecule has 0 aliphatic carbocycles. The van der Waals surface area contributed by atoms with Crippen LogP contribution >= 0.6 is 11.6 Å². The van der Waals surface area contributed by atoms with Crippen molar-refractivity contribution in [2.24, 2.45) is 0 Å². The van der Waals surface area contributed by atoms with E-state index in [1.54, 1.807) is 15.6 Å². The fraction of sp³-hybridized carbons (Fsp3) is 0.294. The van der Waals surface area contributed by atoms with Crippen molar-refractivity contribution in [3.63, 3.8) is 0 Å². The summed E-state index contributed by atoms with van der Waals surface area (Å²) in [6.45, 7) is 3.83. The third-order valence-electron chi connectivity index (χ3n) is 3.86. The number of aryl methyl sites for hydroxylation is 1. The SMILES string of the molecule is Cc1nn(-c2ccccc2)c(Cl)c1Cn1cc(CO[C@H](C)C(=O)O)nn1. The molecule has 0 bridgehead atoms. The third kappa shape index (κ3) is 3.92. The smallest absolute Gasteiger partial charge is 0.332 e. The average molecular weight is 376 g/mol. The standard InChI is InChI=1S/C17H18ClN5O3/c1-11-15(16(18)23(20-11)14-6-4-3-5-7-14)9-22-8-13(19-21-22)10-26-12(2)17(24)25/h3-8,12H,9-10H2,1-2H3,(H,24,25)/t12-/m1/s1. The molecule has 0 aliphatic rings. The van der Waals surface area contributed by atoms with Crippen molar-refractivity contribution in [2.75, 3.05) is 0 Å². The fourth-order valence-electron chi connectivity index (χ4n) is 2.38. The van der Waals surface area contributed by atoms with Gasteiger partial charge in [-0.25, -0.2) is 14.2 Å². The van der Waals surface area contributed by atoms with E-state index in [0.29, 0.717) is 17.4 Å². The first kappa shape index (κ1) is 18.1. The predicted molar refractivity (Wildman–Crippen MR) is 94.3 cm³/mol. The molecular weight excluding hydrogens is 358 g/mol. The van der Waals surface area contributed by atoms with Gasteiger partial charge in [0.15, 0.2) is 6.10 Å². The number of benzene rings is 1. The van der Waals surface area contributed by atoms with Gasteiger partial charge in [-0.15, -0.1) is 5.10 Å². The Hall–Kier alpha value is -2.71. The summed E-state index contributed by atoms with van der Waals surface area (Å²) in [5, 5.41) is 21.9. The first-order valence-electron chi connectivity index (χ1n) is 7.98. The van der Waals surface area contributed by atoms with Crippen LogP contribution in [0.2, 0.25) is 5.15 Å². The second-order valence-electron chi connectivity index (χ2n) is 5.80. The van der Waals surface area contributed by atoms with Crippen LogP contribution in [0.5, 0.6) is 0 Å². The summed E-state index contributed by atoms with van der Waals surface area (Å²) in [5.74, 6) is -1.02. The highest BCUT2D eigenvalue weighted by Gasteiger charge is 2.16. The minimum atomic E-state index is -1.02. The van der Waals surface area contributed by atoms with Crippen molar-refractivity contribution in [3.8, 4) is 5.69 Å². The lowest BCUT2D eigenvalue weighted by molar-refractivity contribution is -0.149. The van der Waals surface area contributed by atoms with Crippen LogP contribution in [-0.2, 0) is 22.7 Å². The number of ether oxygens (including phenoxy) is 1. The zero-order valence-electron chi connectivity index (χ0n) is 14.3. The van der Waals surface area contributed by atoms with Crippen LogP contribution in [0, 0.1) is 6.92 Å². The van der Waals surface area contributed by atoms with E-state index in [9.17, 15) is 4.79 Å². The number of hydrogen-bond acceptors (Lipinski definition) is 5. The van der Waals surface area contributed by atoms with E-state index in [0.717, 1.165) is 16.9 Å². The molecule has 8 nitrogen and oxygen atoms in total. The molecule has 3 aromatic rings. The molecule has 0 saturated carbocycles. The quantitative estimate of drug-likeness (QED) is 0.681. The van der Waals surface area contributed by atoms with Gasteiger partial charge in [-0.1, -0.05) is 35.0 Å². The molecule has 2 aromatic heterocycles. The monoisotopic (exact) mass is 375 g/mol. The second kappa shape index (κ2) is 7.67. The summed E-state index contributed by atoms with van der Waals surface area (Å²) in [6, 6.07) is 9.63. The molecule has 1 aromatic carbocycles. The molecule has 3 rings (SSSR count). The molecule has 26 heavy (non-hydrogen) atoms. The number of aromatic nitrogens is 5. The highest BCUT2D eigenvalue weighted by atomic mass is 35.5. The zero-order valence-corrected chi connectivity index (χ0v) is 15.1. The number of aliphatic carboxylic acids is 1. The molecule has 2 heterocycles. The number of nitrogens with zero attached hydrogens (tertiary/aromatic N) is 5. The summed E-state index contributed by atoms with van der Waals surface area (Å²) in [4.78, 5) is 10.8. The van der Waals surface area contributed by atoms with Gasteiger partial charge in [0.25, 0.3) is 0 Å². The van der Waals surface area contributed by atoms with Gasteiger partial charge < -0.3 is 9.84 Å². The molecule has 0 fully saturated rings. The topological polar surface area (TPSA) is 95.1 Å². The summed E-state index contributed by atoms with van der Waals surface area (Å²) < 4.78 is 8.51. The van der Waals surface area contributed by atoms with E-state index in [1.165, 1.54) is 6.92 Å². The van der Waals surface area contributed by atoms with Crippen LogP contribution in [0.25, 0.3) is 5.69 Å². The Bertz CT molecular complexity index is 907. The van der Waals surface area contributed by atoms with Crippen LogP contribution in [-0.4, -0.2) is 42.0 Å². The molecule has 136 valence electrons. The number of halogens is 1. The van der Waals surface area contributed by atoms with Crippen LogP contribution in [0.3, 0.4) is 0 Å². The molecule has 0 amide bonds. The Kier molecular flexibility index (Phi) is 5.34. The summed E-state index contributed by atoms with van der Waals surface area (Å²) in [7, 11) is 0. The van der Waals surface area contributed by atoms with Crippen LogP contribution in [0.15, 0.2) is 36.5 Å². The highest BCUT2D eigenvalue weighted by molar-refractivity contribution is 6.30. The summed E-state index contributed by atoms with van der Waals surface area (Å²) in [5.41, 5.74) is 3.06. The van der Waals surface area contributed by atoms with E-state index in [-0.39, 0.29) is 6.61 Å². The Balaban J connectivity index is 1.74. The third-order valence-corrected chi connectivity index (χ3v) is 4.25. The van der Waals surface area contributed by atoms with Gasteiger partial charge in [-0.2, -0.15) is 5.10 Å². The normalized spacial score (nSPS) is 12.3. The Morgan fingerprint density at radius 2 is 2.08 bits per heavy atom. The van der Waals surface area contributed by atoms with Crippen molar-refractivity contribution >= 4 is 17.6 Å². The minimum Gasteiger partial charge on any atom is -0.479 e. The molecule has 9 heteroatoms. The van der Waals surface area contributed by atoms with E-state index in [4.69, 9.17) is 21.4 Å². The first-order valence-corrected chi connectivity index (χ1v) is 8.36. The fourth-order valence-corrected chi connectivity index (χ4v) is 2.71. The maximum atomic E-state index is 10.8. The molecule has 0 aliphatic heterocycles. The Morgan fingerprint density at radius 1 is 1.35 bits per heavy atom. The van der Waals surface area contributed by atoms with Gasteiger partial charge in [0, 0.05) is 5.56 Å². The van der Waals surface area contributed by atoms with Crippen LogP contribution in [0.1, 0.15) is 23.9 Å². The van der Waals surface area contributed by atoms with Crippen molar-refractivity contribution in [2.45, 2.75) is 33.1 Å². The lowest BCUT2D eigenvalue weighted by atomic mass is 10.2. The largest absolute Gasteiger partial charge is 0.479 e. The highest BCUT2D eigenvalue weighted by Crippen LogP contribution is 2.24. The zero-order chi connectivity index (χ0) is 18.7. The Labute approximate surface area is 155 Å². The molecule has 0 radical (unpaired) electrons. The predicted octanol–water partition coefficient (Wildman–Crippen LogP) is 2.46. The van der Waals surface area contributed by atoms with E-state index < -0.39 is 12.1 Å². The van der Waals surface area contributed by atoms with Crippen LogP contribution in [0.4, 0.5) is 0 Å². The molecule has 1 atom stereocenters. The molecule has 0 spiro atoms. The second-order valence-corrected chi connectivity index (χ2v) is 6.16. The van der Waals surface area contributed by atoms with Crippen molar-refractivity contribution in [3.05, 3.63) is 58.6 Å². The van der Waals surface area contributed by atoms with Gasteiger partial charge in [0.2, 0.25) is 0 Å². The van der Waals surface area contributed by atoms with E-state index >= 15 is 0 Å². The van der Waals surface area contributed by atoms with Gasteiger partial charge in [-0.05, 0) is 26.0 Å². The lowest BCUT2D eigenvalue weighted by Gasteiger charge is -2.05. The number of carboxylic acids is 1. The first-order chi connectivity index (χ1) is 12.5. The van der Waals surface area contributed by atoms with Gasteiger partial charge in [-0.3, -0.25) is 0 Å². The summed E-state index contributed by atoms with van der Waals surface area (Å²) >= 11 is 6.51. The average Bonchev–Trinajstić information content (AvgIpc) is 3.20. The molecular formula is C17H18ClN5O3. The number of hydrogen-bond donors (Lipinski definition) is 1. The number of carbonyl (C=O) groups is 1. The molecule has 0 saturated heterocycles. The van der Waals surface area contributed by atoms with E-state index in [2.05, 4.69) is 15.4 Å². The minimum absolute atomic E-state index is 0.0729. The maximum absolute atomic E-state index is 10.8. The van der Waals surface area contributed by atoms with Gasteiger partial charge >= 0.3 is 5.97 Å². The van der Waals surface area contributed by atoms with Crippen molar-refractivity contribution in [1.82, 2.24) is 24.8 Å². The van der Waals surface area contributed by atoms with Gasteiger partial charge in [0.05, 0.1) is 30.7 Å².